The average molecular weight is 352 g/mol. The second-order valence-corrected chi connectivity index (χ2v) is 6.12. The van der Waals surface area contributed by atoms with Crippen molar-refractivity contribution in [3.05, 3.63) is 64.9 Å². The third-order valence-electron chi connectivity index (χ3n) is 4.11. The Morgan fingerprint density at radius 2 is 1.96 bits per heavy atom. The maximum Gasteiger partial charge on any atom is 0.250 e. The molecule has 4 rings (SSSR count). The normalized spacial score (nSPS) is 11.1. The lowest BCUT2D eigenvalue weighted by Crippen LogP contribution is -2.11. The van der Waals surface area contributed by atoms with Crippen LogP contribution in [-0.4, -0.2) is 25.7 Å². The minimum atomic E-state index is -0.503. The summed E-state index contributed by atoms with van der Waals surface area (Å²) in [5.74, 6) is 0.138. The number of para-hydroxylation sites is 1. The first-order valence-corrected chi connectivity index (χ1v) is 8.02. The number of aromatic amines is 1. The summed E-state index contributed by atoms with van der Waals surface area (Å²) in [6.07, 6.45) is 1.74. The van der Waals surface area contributed by atoms with Gasteiger partial charge in [0, 0.05) is 5.02 Å². The van der Waals surface area contributed by atoms with Crippen LogP contribution in [0.25, 0.3) is 28.1 Å². The summed E-state index contributed by atoms with van der Waals surface area (Å²) in [5, 5.41) is 5.11. The van der Waals surface area contributed by atoms with Gasteiger partial charge >= 0.3 is 0 Å². The third-order valence-corrected chi connectivity index (χ3v) is 4.37. The van der Waals surface area contributed by atoms with Gasteiger partial charge < -0.3 is 10.7 Å². The zero-order valence-electron chi connectivity index (χ0n) is 13.3. The number of benzene rings is 2. The van der Waals surface area contributed by atoms with Crippen molar-refractivity contribution in [2.45, 2.75) is 6.92 Å². The maximum absolute atomic E-state index is 11.6. The Morgan fingerprint density at radius 1 is 1.20 bits per heavy atom. The van der Waals surface area contributed by atoms with Gasteiger partial charge in [0.05, 0.1) is 34.2 Å². The molecule has 0 aliphatic rings. The molecule has 0 aliphatic carbocycles. The van der Waals surface area contributed by atoms with Gasteiger partial charge in [0.25, 0.3) is 5.91 Å². The second-order valence-electron chi connectivity index (χ2n) is 5.68. The van der Waals surface area contributed by atoms with Crippen molar-refractivity contribution in [2.24, 2.45) is 5.73 Å². The fourth-order valence-corrected chi connectivity index (χ4v) is 2.97. The number of carbonyl (C=O) groups is 1. The number of nitrogens with two attached hydrogens (primary N) is 1. The third kappa shape index (κ3) is 2.56. The molecule has 2 heterocycles. The molecule has 2 aromatic carbocycles. The lowest BCUT2D eigenvalue weighted by molar-refractivity contribution is 0.100. The Labute approximate surface area is 148 Å². The molecule has 3 N–H and O–H groups in total. The lowest BCUT2D eigenvalue weighted by atomic mass is 10.2. The van der Waals surface area contributed by atoms with E-state index < -0.39 is 5.91 Å². The first-order valence-electron chi connectivity index (χ1n) is 7.64. The van der Waals surface area contributed by atoms with E-state index in [2.05, 4.69) is 15.1 Å². The van der Waals surface area contributed by atoms with E-state index in [-0.39, 0.29) is 0 Å². The molecule has 0 atom stereocenters. The van der Waals surface area contributed by atoms with Gasteiger partial charge in [0.1, 0.15) is 11.3 Å². The summed E-state index contributed by atoms with van der Waals surface area (Å²) in [7, 11) is 0. The van der Waals surface area contributed by atoms with Crippen molar-refractivity contribution in [2.75, 3.05) is 0 Å². The Hall–Kier alpha value is -3.12. The fourth-order valence-electron chi connectivity index (χ4n) is 2.84. The highest BCUT2D eigenvalue weighted by Crippen LogP contribution is 2.26. The molecule has 0 aliphatic heterocycles. The van der Waals surface area contributed by atoms with E-state index >= 15 is 0 Å². The van der Waals surface area contributed by atoms with Gasteiger partial charge in [-0.25, -0.2) is 9.67 Å². The predicted molar refractivity (Wildman–Crippen MR) is 96.9 cm³/mol. The van der Waals surface area contributed by atoms with E-state index in [4.69, 9.17) is 17.3 Å². The Balaban J connectivity index is 1.83. The fraction of sp³-hybridized carbons (Fsp3) is 0.0556. The first kappa shape index (κ1) is 15.4. The van der Waals surface area contributed by atoms with Crippen LogP contribution in [0.1, 0.15) is 16.1 Å². The number of hydrogen-bond donors (Lipinski definition) is 2. The number of nitrogens with zero attached hydrogens (tertiary/aromatic N) is 3. The molecule has 0 spiro atoms. The molecule has 1 amide bonds. The number of fused-ring (bicyclic) bond motifs is 1. The van der Waals surface area contributed by atoms with Gasteiger partial charge in [-0.2, -0.15) is 5.10 Å². The maximum atomic E-state index is 11.6. The van der Waals surface area contributed by atoms with Crippen LogP contribution in [0.4, 0.5) is 0 Å². The second kappa shape index (κ2) is 5.75. The van der Waals surface area contributed by atoms with E-state index in [0.717, 1.165) is 22.5 Å². The molecule has 0 saturated carbocycles. The molecule has 0 fully saturated rings. The number of aromatic nitrogens is 4. The van der Waals surface area contributed by atoms with E-state index in [9.17, 15) is 4.79 Å². The highest BCUT2D eigenvalue weighted by atomic mass is 35.5. The van der Waals surface area contributed by atoms with Gasteiger partial charge in [-0.1, -0.05) is 17.7 Å². The minimum absolute atomic E-state index is 0.391. The molecular formula is C18H14ClN5O. The van der Waals surface area contributed by atoms with Crippen LogP contribution in [0, 0.1) is 6.92 Å². The zero-order chi connectivity index (χ0) is 17.6. The number of imidazole rings is 1. The van der Waals surface area contributed by atoms with E-state index in [1.807, 2.05) is 41.9 Å². The molecule has 2 aromatic heterocycles. The summed E-state index contributed by atoms with van der Waals surface area (Å²) in [5.41, 5.74) is 9.81. The van der Waals surface area contributed by atoms with Crippen molar-refractivity contribution in [3.63, 3.8) is 0 Å². The van der Waals surface area contributed by atoms with Gasteiger partial charge in [0.15, 0.2) is 0 Å². The largest absolute Gasteiger partial charge is 0.366 e. The van der Waals surface area contributed by atoms with Crippen LogP contribution < -0.4 is 5.73 Å². The number of nitrogens with one attached hydrogen (secondary N) is 1. The number of amides is 1. The highest BCUT2D eigenvalue weighted by Gasteiger charge is 2.16. The molecular weight excluding hydrogens is 338 g/mol. The Morgan fingerprint density at radius 3 is 2.68 bits per heavy atom. The van der Waals surface area contributed by atoms with Crippen LogP contribution in [0.2, 0.25) is 5.02 Å². The number of carbonyl (C=O) groups excluding carboxylic acids is 1. The van der Waals surface area contributed by atoms with Crippen LogP contribution in [0.3, 0.4) is 0 Å². The van der Waals surface area contributed by atoms with E-state index in [0.29, 0.717) is 21.9 Å². The summed E-state index contributed by atoms with van der Waals surface area (Å²) in [6.45, 7) is 1.96. The molecule has 25 heavy (non-hydrogen) atoms. The van der Waals surface area contributed by atoms with Gasteiger partial charge in [-0.05, 0) is 43.3 Å². The topological polar surface area (TPSA) is 89.6 Å². The quantitative estimate of drug-likeness (QED) is 0.592. The summed E-state index contributed by atoms with van der Waals surface area (Å²) in [4.78, 5) is 19.4. The van der Waals surface area contributed by atoms with Crippen LogP contribution in [0.5, 0.6) is 0 Å². The van der Waals surface area contributed by atoms with E-state index in [1.165, 1.54) is 0 Å². The van der Waals surface area contributed by atoms with Crippen molar-refractivity contribution in [3.8, 4) is 17.1 Å². The molecule has 0 saturated heterocycles. The number of hydrogen-bond acceptors (Lipinski definition) is 3. The van der Waals surface area contributed by atoms with Crippen molar-refractivity contribution in [1.82, 2.24) is 19.7 Å². The molecule has 4 aromatic rings. The minimum Gasteiger partial charge on any atom is -0.366 e. The molecule has 0 radical (unpaired) electrons. The van der Waals surface area contributed by atoms with Crippen LogP contribution in [0.15, 0.2) is 48.7 Å². The summed E-state index contributed by atoms with van der Waals surface area (Å²) < 4.78 is 1.81. The smallest absolute Gasteiger partial charge is 0.250 e. The van der Waals surface area contributed by atoms with Crippen molar-refractivity contribution >= 4 is 28.5 Å². The van der Waals surface area contributed by atoms with Gasteiger partial charge in [-0.3, -0.25) is 4.79 Å². The standard InChI is InChI=1S/C18H14ClN5O/c1-10-14(9-21-24(10)12-7-5-11(19)6-8-12)18-22-15-4-2-3-13(17(20)25)16(15)23-18/h2-9H,1H3,(H2,20,25)(H,22,23). The zero-order valence-corrected chi connectivity index (χ0v) is 14.1. The monoisotopic (exact) mass is 351 g/mol. The molecule has 6 nitrogen and oxygen atoms in total. The first-order chi connectivity index (χ1) is 12.0. The Bertz CT molecular complexity index is 1090. The molecule has 0 bridgehead atoms. The number of primary amides is 1. The SMILES string of the molecule is Cc1c(-c2nc3c(C(N)=O)cccc3[nH]2)cnn1-c1ccc(Cl)cc1. The lowest BCUT2D eigenvalue weighted by Gasteiger charge is -2.04. The molecule has 124 valence electrons. The average Bonchev–Trinajstić information content (AvgIpc) is 3.18. The number of H-pyrrole nitrogens is 1. The van der Waals surface area contributed by atoms with Gasteiger partial charge in [-0.15, -0.1) is 0 Å². The number of halogens is 1. The van der Waals surface area contributed by atoms with Crippen LogP contribution >= 0.6 is 11.6 Å². The predicted octanol–water partition coefficient (Wildman–Crippen LogP) is 3.48. The summed E-state index contributed by atoms with van der Waals surface area (Å²) in [6, 6.07) is 12.7. The summed E-state index contributed by atoms with van der Waals surface area (Å²) >= 11 is 5.94. The van der Waals surface area contributed by atoms with Crippen molar-refractivity contribution < 1.29 is 4.79 Å². The van der Waals surface area contributed by atoms with Crippen LogP contribution in [-0.2, 0) is 0 Å². The van der Waals surface area contributed by atoms with E-state index in [1.54, 1.807) is 18.3 Å². The molecule has 0 unspecified atom stereocenters. The van der Waals surface area contributed by atoms with Gasteiger partial charge in [0.2, 0.25) is 0 Å². The molecule has 7 heteroatoms. The highest BCUT2D eigenvalue weighted by molar-refractivity contribution is 6.30. The van der Waals surface area contributed by atoms with Crippen molar-refractivity contribution in [1.29, 1.82) is 0 Å². The number of rotatable bonds is 3. The Kier molecular flexibility index (Phi) is 3.54.